The summed E-state index contributed by atoms with van der Waals surface area (Å²) in [5.41, 5.74) is 0.422. The van der Waals surface area contributed by atoms with Crippen LogP contribution in [0.25, 0.3) is 5.76 Å². The number of hydrogen-bond donors (Lipinski definition) is 2. The van der Waals surface area contributed by atoms with E-state index in [0.717, 1.165) is 9.87 Å². The second-order valence-electron chi connectivity index (χ2n) is 6.35. The number of amides is 1. The quantitative estimate of drug-likeness (QED) is 0.676. The highest BCUT2D eigenvalue weighted by molar-refractivity contribution is 7.89. The fraction of sp³-hybridized carbons (Fsp3) is 0.105. The Morgan fingerprint density at radius 2 is 1.86 bits per heavy atom. The van der Waals surface area contributed by atoms with Crippen molar-refractivity contribution >= 4 is 27.5 Å². The predicted molar refractivity (Wildman–Crippen MR) is 105 cm³/mol. The summed E-state index contributed by atoms with van der Waals surface area (Å²) in [7, 11) is -2.90. The number of carbonyl (C=O) groups excluding carboxylic acids is 1. The van der Waals surface area contributed by atoms with Crippen LogP contribution in [0.15, 0.2) is 71.6 Å². The van der Waals surface area contributed by atoms with Crippen LogP contribution in [0, 0.1) is 0 Å². The number of sulfonamides is 1. The highest BCUT2D eigenvalue weighted by Gasteiger charge is 2.41. The number of nitrogens with one attached hydrogen (secondary N) is 1. The third-order valence-electron chi connectivity index (χ3n) is 4.49. The summed E-state index contributed by atoms with van der Waals surface area (Å²) in [6.07, 6.45) is 2.73. The summed E-state index contributed by atoms with van der Waals surface area (Å²) in [5.74, 6) is -1.03. The Morgan fingerprint density at radius 1 is 1.14 bits per heavy atom. The topological polar surface area (TPSA) is 117 Å². The van der Waals surface area contributed by atoms with E-state index in [1.165, 1.54) is 24.1 Å². The van der Waals surface area contributed by atoms with Gasteiger partial charge in [0.05, 0.1) is 18.3 Å². The molecule has 29 heavy (non-hydrogen) atoms. The molecular formula is C19H17N5O4S. The highest BCUT2D eigenvalue weighted by Crippen LogP contribution is 2.35. The minimum atomic E-state index is -4.11. The standard InChI is InChI=1S/C19H17N5O4S/c1-23-16(18(26)22-15-9-5-6-10-20-15)17(25)14-11-21-24(19(14)29(23,27)28)12-13-7-3-2-4-8-13/h2-11,25H,12H2,1H3,(H,20,22,26). The number of nitrogens with zero attached hydrogens (tertiary/aromatic N) is 4. The number of hydrogen-bond acceptors (Lipinski definition) is 6. The Labute approximate surface area is 167 Å². The Morgan fingerprint density at radius 3 is 2.55 bits per heavy atom. The monoisotopic (exact) mass is 411 g/mol. The largest absolute Gasteiger partial charge is 0.505 e. The fourth-order valence-electron chi connectivity index (χ4n) is 3.07. The molecule has 0 saturated carbocycles. The van der Waals surface area contributed by atoms with Gasteiger partial charge in [-0.1, -0.05) is 36.4 Å². The van der Waals surface area contributed by atoms with Gasteiger partial charge in [-0.05, 0) is 17.7 Å². The van der Waals surface area contributed by atoms with Crippen LogP contribution >= 0.6 is 0 Å². The molecule has 148 valence electrons. The summed E-state index contributed by atoms with van der Waals surface area (Å²) in [6.45, 7) is 0.200. The zero-order chi connectivity index (χ0) is 20.6. The minimum Gasteiger partial charge on any atom is -0.505 e. The third kappa shape index (κ3) is 3.23. The van der Waals surface area contributed by atoms with E-state index < -0.39 is 27.4 Å². The molecule has 2 N–H and O–H groups in total. The number of anilines is 1. The predicted octanol–water partition coefficient (Wildman–Crippen LogP) is 1.83. The second-order valence-corrected chi connectivity index (χ2v) is 8.23. The molecule has 1 aliphatic rings. The second kappa shape index (κ2) is 7.06. The molecule has 0 bridgehead atoms. The van der Waals surface area contributed by atoms with Crippen LogP contribution in [0.2, 0.25) is 0 Å². The van der Waals surface area contributed by atoms with Gasteiger partial charge in [-0.25, -0.2) is 9.67 Å². The summed E-state index contributed by atoms with van der Waals surface area (Å²) in [5, 5.41) is 17.1. The van der Waals surface area contributed by atoms with E-state index in [2.05, 4.69) is 15.4 Å². The molecule has 0 unspecified atom stereocenters. The highest BCUT2D eigenvalue weighted by atomic mass is 32.2. The van der Waals surface area contributed by atoms with Gasteiger partial charge in [0.1, 0.15) is 5.82 Å². The van der Waals surface area contributed by atoms with E-state index in [9.17, 15) is 18.3 Å². The number of pyridine rings is 1. The Hall–Kier alpha value is -3.66. The van der Waals surface area contributed by atoms with Gasteiger partial charge in [-0.2, -0.15) is 13.5 Å². The molecule has 0 fully saturated rings. The molecule has 4 rings (SSSR count). The van der Waals surface area contributed by atoms with Gasteiger partial charge in [0.2, 0.25) is 0 Å². The van der Waals surface area contributed by atoms with E-state index in [1.54, 1.807) is 18.2 Å². The molecule has 1 aliphatic heterocycles. The lowest BCUT2D eigenvalue weighted by molar-refractivity contribution is -0.113. The average molecular weight is 411 g/mol. The van der Waals surface area contributed by atoms with Crippen molar-refractivity contribution in [3.8, 4) is 0 Å². The Kier molecular flexibility index (Phi) is 4.55. The molecule has 0 spiro atoms. The lowest BCUT2D eigenvalue weighted by atomic mass is 10.2. The molecule has 0 radical (unpaired) electrons. The van der Waals surface area contributed by atoms with Crippen LogP contribution < -0.4 is 5.32 Å². The summed E-state index contributed by atoms with van der Waals surface area (Å²) >= 11 is 0. The molecule has 3 aromatic rings. The molecule has 10 heteroatoms. The van der Waals surface area contributed by atoms with Crippen LogP contribution in [0.4, 0.5) is 5.82 Å². The average Bonchev–Trinajstić information content (AvgIpc) is 3.13. The smallest absolute Gasteiger partial charge is 0.282 e. The molecular weight excluding hydrogens is 394 g/mol. The third-order valence-corrected chi connectivity index (χ3v) is 6.31. The van der Waals surface area contributed by atoms with E-state index in [1.807, 2.05) is 30.3 Å². The van der Waals surface area contributed by atoms with E-state index in [4.69, 9.17) is 0 Å². The molecule has 0 aliphatic carbocycles. The van der Waals surface area contributed by atoms with Crippen LogP contribution in [0.3, 0.4) is 0 Å². The number of aliphatic hydroxyl groups is 1. The number of likely N-dealkylation sites (N-methyl/N-ethyl adjacent to an activating group) is 1. The molecule has 0 atom stereocenters. The van der Waals surface area contributed by atoms with Gasteiger partial charge in [0.15, 0.2) is 16.5 Å². The van der Waals surface area contributed by atoms with Gasteiger partial charge >= 0.3 is 0 Å². The molecule has 1 amide bonds. The Bertz CT molecular complexity index is 1200. The Balaban J connectivity index is 1.76. The van der Waals surface area contributed by atoms with E-state index >= 15 is 0 Å². The molecule has 2 aromatic heterocycles. The van der Waals surface area contributed by atoms with Crippen molar-refractivity contribution in [2.75, 3.05) is 12.4 Å². The van der Waals surface area contributed by atoms with Crippen LogP contribution in [0.1, 0.15) is 11.1 Å². The summed E-state index contributed by atoms with van der Waals surface area (Å²) in [6, 6.07) is 14.1. The van der Waals surface area contributed by atoms with E-state index in [-0.39, 0.29) is 23.0 Å². The normalized spacial score (nSPS) is 15.1. The zero-order valence-electron chi connectivity index (χ0n) is 15.3. The lowest BCUT2D eigenvalue weighted by Crippen LogP contribution is -2.38. The van der Waals surface area contributed by atoms with Gasteiger partial charge < -0.3 is 10.4 Å². The molecule has 3 heterocycles. The first-order chi connectivity index (χ1) is 13.9. The maximum absolute atomic E-state index is 13.1. The molecule has 0 saturated heterocycles. The van der Waals surface area contributed by atoms with Crippen molar-refractivity contribution in [1.82, 2.24) is 19.1 Å². The number of aliphatic hydroxyl groups excluding tert-OH is 1. The first-order valence-electron chi connectivity index (χ1n) is 8.64. The summed E-state index contributed by atoms with van der Waals surface area (Å²) < 4.78 is 28.3. The number of fused-ring (bicyclic) bond motifs is 1. The van der Waals surface area contributed by atoms with Crippen molar-refractivity contribution in [2.45, 2.75) is 11.6 Å². The first kappa shape index (κ1) is 18.7. The molecule has 9 nitrogen and oxygen atoms in total. The van der Waals surface area contributed by atoms with Crippen molar-refractivity contribution < 1.29 is 18.3 Å². The maximum atomic E-state index is 13.1. The maximum Gasteiger partial charge on any atom is 0.282 e. The van der Waals surface area contributed by atoms with Crippen molar-refractivity contribution in [3.05, 3.63) is 77.7 Å². The van der Waals surface area contributed by atoms with Crippen LogP contribution in [0.5, 0.6) is 0 Å². The number of aromatic nitrogens is 3. The lowest BCUT2D eigenvalue weighted by Gasteiger charge is -2.27. The van der Waals surface area contributed by atoms with Crippen molar-refractivity contribution in [3.63, 3.8) is 0 Å². The van der Waals surface area contributed by atoms with Gasteiger partial charge in [0, 0.05) is 13.2 Å². The molecule has 1 aromatic carbocycles. The zero-order valence-corrected chi connectivity index (χ0v) is 16.2. The SMILES string of the molecule is CN1C(C(=O)Nc2ccccn2)=C(O)c2cnn(Cc3ccccc3)c2S1(=O)=O. The number of carbonyl (C=O) groups is 1. The summed E-state index contributed by atoms with van der Waals surface area (Å²) in [4.78, 5) is 16.7. The first-order valence-corrected chi connectivity index (χ1v) is 10.1. The van der Waals surface area contributed by atoms with Crippen LogP contribution in [-0.2, 0) is 21.4 Å². The van der Waals surface area contributed by atoms with E-state index in [0.29, 0.717) is 0 Å². The minimum absolute atomic E-state index is 0.0230. The number of rotatable bonds is 4. The number of benzene rings is 1. The van der Waals surface area contributed by atoms with Gasteiger partial charge in [-0.3, -0.25) is 9.10 Å². The van der Waals surface area contributed by atoms with Crippen molar-refractivity contribution in [2.24, 2.45) is 0 Å². The van der Waals surface area contributed by atoms with Crippen LogP contribution in [-0.4, -0.2) is 45.5 Å². The fourth-order valence-corrected chi connectivity index (χ4v) is 4.54. The van der Waals surface area contributed by atoms with Gasteiger partial charge in [-0.15, -0.1) is 0 Å². The van der Waals surface area contributed by atoms with Crippen molar-refractivity contribution in [1.29, 1.82) is 0 Å². The van der Waals surface area contributed by atoms with Gasteiger partial charge in [0.25, 0.3) is 15.9 Å².